The van der Waals surface area contributed by atoms with Gasteiger partial charge in [-0.3, -0.25) is 9.59 Å². The van der Waals surface area contributed by atoms with Gasteiger partial charge in [-0.2, -0.15) is 0 Å². The second kappa shape index (κ2) is 4.81. The molecular weight excluding hydrogens is 254 g/mol. The van der Waals surface area contributed by atoms with E-state index in [9.17, 15) is 9.59 Å². The van der Waals surface area contributed by atoms with Crippen LogP contribution >= 0.6 is 11.8 Å². The first-order chi connectivity index (χ1) is 8.06. The molecule has 3 nitrogen and oxygen atoms in total. The summed E-state index contributed by atoms with van der Waals surface area (Å²) in [4.78, 5) is 26.6. The van der Waals surface area contributed by atoms with Gasteiger partial charge in [0.25, 0.3) is 5.91 Å². The van der Waals surface area contributed by atoms with Crippen LogP contribution in [0, 0.1) is 0 Å². The summed E-state index contributed by atoms with van der Waals surface area (Å²) in [6.07, 6.45) is 1.72. The Balaban J connectivity index is 2.23. The molecule has 0 radical (unpaired) electrons. The number of carbonyl (C=O) groups excluding carboxylic acids is 2. The van der Waals surface area contributed by atoms with Gasteiger partial charge >= 0.3 is 0 Å². The number of hydrogen-bond acceptors (Lipinski definition) is 4. The van der Waals surface area contributed by atoms with E-state index in [0.29, 0.717) is 14.8 Å². The van der Waals surface area contributed by atoms with E-state index in [1.54, 1.807) is 30.3 Å². The largest absolute Gasteiger partial charge is 0.753 e. The molecular formula is C12H8NO2S2-. The number of benzene rings is 1. The van der Waals surface area contributed by atoms with Crippen LogP contribution in [0.3, 0.4) is 0 Å². The number of hydrogen-bond donors (Lipinski definition) is 0. The van der Waals surface area contributed by atoms with E-state index < -0.39 is 0 Å². The molecule has 1 heterocycles. The fraction of sp³-hybridized carbons (Fsp3) is 0.0833. The minimum absolute atomic E-state index is 0.0201. The first-order valence-corrected chi connectivity index (χ1v) is 6.09. The number of Topliss-reactive ketones (excluding diaryl/α,β-unsaturated/α-hetero) is 1. The number of rotatable bonds is 2. The molecule has 1 aliphatic heterocycles. The zero-order valence-corrected chi connectivity index (χ0v) is 10.6. The van der Waals surface area contributed by atoms with Gasteiger partial charge in [0.05, 0.1) is 4.91 Å². The topological polar surface area (TPSA) is 46.5 Å². The van der Waals surface area contributed by atoms with Crippen LogP contribution in [0.1, 0.15) is 22.8 Å². The summed E-state index contributed by atoms with van der Waals surface area (Å²) in [5, 5.41) is 0. The highest BCUT2D eigenvalue weighted by molar-refractivity contribution is 8.30. The van der Waals surface area contributed by atoms with Gasteiger partial charge in [0, 0.05) is 5.56 Å². The van der Waals surface area contributed by atoms with Gasteiger partial charge in [0.15, 0.2) is 5.78 Å². The molecule has 1 aromatic rings. The highest BCUT2D eigenvalue weighted by Crippen LogP contribution is 2.27. The van der Waals surface area contributed by atoms with Gasteiger partial charge < -0.3 is 12.6 Å². The van der Waals surface area contributed by atoms with Crippen LogP contribution in [-0.2, 0) is 17.4 Å². The average Bonchev–Trinajstić information content (AvgIpc) is 2.58. The fourth-order valence-electron chi connectivity index (χ4n) is 1.36. The van der Waals surface area contributed by atoms with Gasteiger partial charge in [-0.1, -0.05) is 36.0 Å². The lowest BCUT2D eigenvalue weighted by atomic mass is 10.1. The third-order valence-electron chi connectivity index (χ3n) is 2.22. The maximum absolute atomic E-state index is 11.4. The lowest BCUT2D eigenvalue weighted by Gasteiger charge is -2.00. The van der Waals surface area contributed by atoms with E-state index in [2.05, 4.69) is 4.99 Å². The van der Waals surface area contributed by atoms with Crippen molar-refractivity contribution in [2.45, 2.75) is 6.92 Å². The molecule has 0 bridgehead atoms. The van der Waals surface area contributed by atoms with E-state index in [1.165, 1.54) is 18.7 Å². The molecule has 86 valence electrons. The summed E-state index contributed by atoms with van der Waals surface area (Å²) in [7, 11) is 0. The normalized spacial score (nSPS) is 17.4. The third-order valence-corrected chi connectivity index (χ3v) is 3.34. The van der Waals surface area contributed by atoms with Crippen molar-refractivity contribution in [3.63, 3.8) is 0 Å². The predicted molar refractivity (Wildman–Crippen MR) is 71.8 cm³/mol. The lowest BCUT2D eigenvalue weighted by Crippen LogP contribution is -1.91. The zero-order chi connectivity index (χ0) is 12.4. The summed E-state index contributed by atoms with van der Waals surface area (Å²) in [5.74, 6) is -0.276. The molecule has 0 fully saturated rings. The first-order valence-electron chi connectivity index (χ1n) is 4.87. The van der Waals surface area contributed by atoms with Crippen LogP contribution in [0.4, 0.5) is 0 Å². The van der Waals surface area contributed by atoms with Crippen molar-refractivity contribution in [2.24, 2.45) is 4.99 Å². The molecule has 2 rings (SSSR count). The molecule has 5 heteroatoms. The predicted octanol–water partition coefficient (Wildman–Crippen LogP) is 2.41. The minimum Gasteiger partial charge on any atom is -0.753 e. The number of thioether (sulfide) groups is 1. The number of amides is 1. The number of ketones is 1. The van der Waals surface area contributed by atoms with Gasteiger partial charge in [-0.15, -0.1) is 0 Å². The molecule has 1 aliphatic rings. The summed E-state index contributed by atoms with van der Waals surface area (Å²) < 4.78 is 0.349. The number of nitrogens with zero attached hydrogens (tertiary/aromatic N) is 1. The SMILES string of the molecule is CC(=O)c1ccc(/C=C2\SC([S-])=NC2=O)cc1. The van der Waals surface area contributed by atoms with Crippen LogP contribution in [0.2, 0.25) is 0 Å². The standard InChI is InChI=1S/C12H9NO2S2/c1-7(14)9-4-2-8(3-5-9)6-10-11(15)13-12(16)17-10/h2-6H,1H3,(H,13,15,16)/p-1/b10-6-. The Labute approximate surface area is 108 Å². The smallest absolute Gasteiger partial charge is 0.282 e. The van der Waals surface area contributed by atoms with Gasteiger partial charge in [-0.25, -0.2) is 4.99 Å². The Morgan fingerprint density at radius 2 is 2.00 bits per heavy atom. The quantitative estimate of drug-likeness (QED) is 0.466. The molecule has 0 atom stereocenters. The van der Waals surface area contributed by atoms with Crippen molar-refractivity contribution < 1.29 is 9.59 Å². The Morgan fingerprint density at radius 1 is 1.35 bits per heavy atom. The molecule has 17 heavy (non-hydrogen) atoms. The first kappa shape index (κ1) is 12.0. The number of carbonyl (C=O) groups is 2. The van der Waals surface area contributed by atoms with Gasteiger partial charge in [0.2, 0.25) is 0 Å². The molecule has 0 unspecified atom stereocenters. The molecule has 1 aromatic carbocycles. The second-order valence-electron chi connectivity index (χ2n) is 3.47. The van der Waals surface area contributed by atoms with Crippen molar-refractivity contribution in [3.05, 3.63) is 40.3 Å². The molecule has 0 saturated carbocycles. The highest BCUT2D eigenvalue weighted by Gasteiger charge is 2.14. The maximum Gasteiger partial charge on any atom is 0.282 e. The zero-order valence-electron chi connectivity index (χ0n) is 8.97. The fourth-order valence-corrected chi connectivity index (χ4v) is 2.35. The average molecular weight is 262 g/mol. The minimum atomic E-state index is -0.296. The number of aliphatic imine (C=N–C) groups is 1. The molecule has 0 spiro atoms. The molecule has 0 aromatic heterocycles. The molecule has 0 saturated heterocycles. The lowest BCUT2D eigenvalue weighted by molar-refractivity contribution is -0.113. The van der Waals surface area contributed by atoms with Crippen LogP contribution in [0.25, 0.3) is 6.08 Å². The summed E-state index contributed by atoms with van der Waals surface area (Å²) >= 11 is 6.02. The van der Waals surface area contributed by atoms with Crippen molar-refractivity contribution >= 4 is 46.5 Å². The molecule has 1 amide bonds. The summed E-state index contributed by atoms with van der Waals surface area (Å²) in [6, 6.07) is 7.04. The van der Waals surface area contributed by atoms with Gasteiger partial charge in [0.1, 0.15) is 0 Å². The molecule has 0 N–H and O–H groups in total. The second-order valence-corrected chi connectivity index (χ2v) is 5.15. The van der Waals surface area contributed by atoms with E-state index in [1.807, 2.05) is 0 Å². The molecule has 0 aliphatic carbocycles. The van der Waals surface area contributed by atoms with Crippen molar-refractivity contribution in [1.29, 1.82) is 0 Å². The Bertz CT molecular complexity index is 544. The van der Waals surface area contributed by atoms with E-state index in [4.69, 9.17) is 12.6 Å². The van der Waals surface area contributed by atoms with Crippen LogP contribution in [0.5, 0.6) is 0 Å². The van der Waals surface area contributed by atoms with Crippen molar-refractivity contribution in [1.82, 2.24) is 0 Å². The summed E-state index contributed by atoms with van der Waals surface area (Å²) in [5.41, 5.74) is 1.50. The monoisotopic (exact) mass is 262 g/mol. The van der Waals surface area contributed by atoms with Crippen LogP contribution in [-0.4, -0.2) is 16.1 Å². The van der Waals surface area contributed by atoms with Crippen molar-refractivity contribution in [3.8, 4) is 0 Å². The van der Waals surface area contributed by atoms with E-state index in [0.717, 1.165) is 5.56 Å². The van der Waals surface area contributed by atoms with Crippen LogP contribution in [0.15, 0.2) is 34.2 Å². The van der Waals surface area contributed by atoms with Gasteiger partial charge in [-0.05, 0) is 22.9 Å². The van der Waals surface area contributed by atoms with Crippen molar-refractivity contribution in [2.75, 3.05) is 0 Å². The van der Waals surface area contributed by atoms with E-state index >= 15 is 0 Å². The highest BCUT2D eigenvalue weighted by atomic mass is 32.2. The Kier molecular flexibility index (Phi) is 3.40. The van der Waals surface area contributed by atoms with Crippen LogP contribution < -0.4 is 0 Å². The third kappa shape index (κ3) is 2.81. The Morgan fingerprint density at radius 3 is 2.47 bits per heavy atom. The maximum atomic E-state index is 11.4. The van der Waals surface area contributed by atoms with E-state index in [-0.39, 0.29) is 11.7 Å². The Hall–Kier alpha value is -1.46. The summed E-state index contributed by atoms with van der Waals surface area (Å²) in [6.45, 7) is 1.52.